The van der Waals surface area contributed by atoms with Crippen molar-refractivity contribution in [2.24, 2.45) is 0 Å². The molecule has 0 amide bonds. The van der Waals surface area contributed by atoms with Crippen LogP contribution in [-0.2, 0) is 0 Å². The Balaban J connectivity index is 2.60. The lowest BCUT2D eigenvalue weighted by molar-refractivity contribution is 0.0261. The standard InChI is InChI=1S/C11H14O3/c1-8(12)10(13)7-11(14)9-5-3-2-4-6-9/h2-6,8,10,12-13H,7H2,1H3. The average Bonchev–Trinajstić information content (AvgIpc) is 2.19. The van der Waals surface area contributed by atoms with E-state index in [1.807, 2.05) is 6.07 Å². The fraction of sp³-hybridized carbons (Fsp3) is 0.364. The lowest BCUT2D eigenvalue weighted by Gasteiger charge is -2.12. The summed E-state index contributed by atoms with van der Waals surface area (Å²) in [6.07, 6.45) is -1.90. The molecule has 0 saturated heterocycles. The first-order valence-electron chi connectivity index (χ1n) is 4.55. The van der Waals surface area contributed by atoms with E-state index in [1.54, 1.807) is 24.3 Å². The van der Waals surface area contributed by atoms with E-state index in [9.17, 15) is 9.90 Å². The van der Waals surface area contributed by atoms with Crippen molar-refractivity contribution in [1.29, 1.82) is 0 Å². The molecule has 0 aromatic heterocycles. The van der Waals surface area contributed by atoms with Crippen LogP contribution in [0.15, 0.2) is 30.3 Å². The highest BCUT2D eigenvalue weighted by atomic mass is 16.3. The number of aliphatic hydroxyl groups excluding tert-OH is 2. The number of hydrogen-bond donors (Lipinski definition) is 2. The number of rotatable bonds is 4. The second-order valence-corrected chi connectivity index (χ2v) is 3.30. The van der Waals surface area contributed by atoms with Gasteiger partial charge in [-0.05, 0) is 6.92 Å². The smallest absolute Gasteiger partial charge is 0.165 e. The molecule has 1 aromatic rings. The SMILES string of the molecule is CC(O)C(O)CC(=O)c1ccccc1. The number of ketones is 1. The van der Waals surface area contributed by atoms with Crippen LogP contribution in [0.4, 0.5) is 0 Å². The van der Waals surface area contributed by atoms with Crippen molar-refractivity contribution in [2.75, 3.05) is 0 Å². The summed E-state index contributed by atoms with van der Waals surface area (Å²) in [6, 6.07) is 8.74. The maximum absolute atomic E-state index is 11.5. The van der Waals surface area contributed by atoms with Crippen molar-refractivity contribution in [3.8, 4) is 0 Å². The van der Waals surface area contributed by atoms with Crippen molar-refractivity contribution >= 4 is 5.78 Å². The van der Waals surface area contributed by atoms with Gasteiger partial charge in [0, 0.05) is 12.0 Å². The predicted octanol–water partition coefficient (Wildman–Crippen LogP) is 1.00. The molecule has 2 atom stereocenters. The molecule has 0 aliphatic carbocycles. The topological polar surface area (TPSA) is 57.5 Å². The molecule has 0 aliphatic heterocycles. The molecule has 2 unspecified atom stereocenters. The Hall–Kier alpha value is -1.19. The van der Waals surface area contributed by atoms with E-state index in [-0.39, 0.29) is 12.2 Å². The Bertz CT molecular complexity index is 293. The molecule has 0 saturated carbocycles. The van der Waals surface area contributed by atoms with Crippen molar-refractivity contribution < 1.29 is 15.0 Å². The van der Waals surface area contributed by atoms with Gasteiger partial charge in [0.25, 0.3) is 0 Å². The minimum Gasteiger partial charge on any atom is -0.391 e. The number of hydrogen-bond acceptors (Lipinski definition) is 3. The maximum atomic E-state index is 11.5. The molecule has 3 nitrogen and oxygen atoms in total. The number of aliphatic hydroxyl groups is 2. The van der Waals surface area contributed by atoms with E-state index >= 15 is 0 Å². The number of benzene rings is 1. The summed E-state index contributed by atoms with van der Waals surface area (Å²) < 4.78 is 0. The van der Waals surface area contributed by atoms with Gasteiger partial charge >= 0.3 is 0 Å². The highest BCUT2D eigenvalue weighted by Gasteiger charge is 2.16. The Morgan fingerprint density at radius 1 is 1.29 bits per heavy atom. The highest BCUT2D eigenvalue weighted by Crippen LogP contribution is 2.07. The van der Waals surface area contributed by atoms with Crippen LogP contribution < -0.4 is 0 Å². The van der Waals surface area contributed by atoms with E-state index < -0.39 is 12.2 Å². The van der Waals surface area contributed by atoms with Crippen molar-refractivity contribution in [3.05, 3.63) is 35.9 Å². The first-order valence-corrected chi connectivity index (χ1v) is 4.55. The van der Waals surface area contributed by atoms with Crippen molar-refractivity contribution in [1.82, 2.24) is 0 Å². The molecular weight excluding hydrogens is 180 g/mol. The van der Waals surface area contributed by atoms with Crippen LogP contribution >= 0.6 is 0 Å². The van der Waals surface area contributed by atoms with E-state index in [2.05, 4.69) is 0 Å². The molecule has 0 bridgehead atoms. The van der Waals surface area contributed by atoms with Crippen LogP contribution in [0.5, 0.6) is 0 Å². The van der Waals surface area contributed by atoms with Gasteiger partial charge in [-0.1, -0.05) is 30.3 Å². The third kappa shape index (κ3) is 2.94. The van der Waals surface area contributed by atoms with Gasteiger partial charge in [0.1, 0.15) is 0 Å². The first kappa shape index (κ1) is 10.9. The fourth-order valence-electron chi connectivity index (χ4n) is 1.10. The van der Waals surface area contributed by atoms with Crippen LogP contribution in [0.2, 0.25) is 0 Å². The summed E-state index contributed by atoms with van der Waals surface area (Å²) >= 11 is 0. The lowest BCUT2D eigenvalue weighted by atomic mass is 10.0. The molecule has 3 heteroatoms. The molecule has 2 N–H and O–H groups in total. The molecule has 1 aromatic carbocycles. The van der Waals surface area contributed by atoms with Crippen LogP contribution in [0.25, 0.3) is 0 Å². The predicted molar refractivity (Wildman–Crippen MR) is 53.1 cm³/mol. The highest BCUT2D eigenvalue weighted by molar-refractivity contribution is 5.96. The molecule has 14 heavy (non-hydrogen) atoms. The zero-order chi connectivity index (χ0) is 10.6. The summed E-state index contributed by atoms with van der Waals surface area (Å²) in [6.45, 7) is 1.46. The number of carbonyl (C=O) groups is 1. The largest absolute Gasteiger partial charge is 0.391 e. The zero-order valence-corrected chi connectivity index (χ0v) is 8.05. The quantitative estimate of drug-likeness (QED) is 0.703. The van der Waals surface area contributed by atoms with Crippen LogP contribution in [0, 0.1) is 0 Å². The van der Waals surface area contributed by atoms with Gasteiger partial charge in [0.15, 0.2) is 5.78 Å². The van der Waals surface area contributed by atoms with E-state index in [1.165, 1.54) is 6.92 Å². The molecule has 0 heterocycles. The molecular formula is C11H14O3. The molecule has 0 radical (unpaired) electrons. The van der Waals surface area contributed by atoms with Gasteiger partial charge < -0.3 is 10.2 Å². The van der Waals surface area contributed by atoms with Crippen LogP contribution in [-0.4, -0.2) is 28.2 Å². The molecule has 0 spiro atoms. The molecule has 76 valence electrons. The Morgan fingerprint density at radius 2 is 1.86 bits per heavy atom. The minimum atomic E-state index is -0.984. The van der Waals surface area contributed by atoms with Gasteiger partial charge in [-0.25, -0.2) is 0 Å². The van der Waals surface area contributed by atoms with Crippen LogP contribution in [0.3, 0.4) is 0 Å². The van der Waals surface area contributed by atoms with E-state index in [0.717, 1.165) is 0 Å². The number of carbonyl (C=O) groups excluding carboxylic acids is 1. The summed E-state index contributed by atoms with van der Waals surface area (Å²) in [7, 11) is 0. The van der Waals surface area contributed by atoms with Gasteiger partial charge in [0.2, 0.25) is 0 Å². The summed E-state index contributed by atoms with van der Waals surface area (Å²) in [4.78, 5) is 11.5. The third-order valence-corrected chi connectivity index (χ3v) is 2.05. The summed E-state index contributed by atoms with van der Waals surface area (Å²) in [5.41, 5.74) is 0.562. The van der Waals surface area contributed by atoms with Crippen molar-refractivity contribution in [2.45, 2.75) is 25.6 Å². The van der Waals surface area contributed by atoms with Gasteiger partial charge in [-0.3, -0.25) is 4.79 Å². The Morgan fingerprint density at radius 3 is 2.36 bits per heavy atom. The maximum Gasteiger partial charge on any atom is 0.165 e. The van der Waals surface area contributed by atoms with E-state index in [0.29, 0.717) is 5.56 Å². The minimum absolute atomic E-state index is 0.0400. The second kappa shape index (κ2) is 4.88. The monoisotopic (exact) mass is 194 g/mol. The Labute approximate surface area is 83.0 Å². The fourth-order valence-corrected chi connectivity index (χ4v) is 1.10. The molecule has 0 fully saturated rings. The number of Topliss-reactive ketones (excluding diaryl/α,β-unsaturated/α-hetero) is 1. The average molecular weight is 194 g/mol. The van der Waals surface area contributed by atoms with E-state index in [4.69, 9.17) is 5.11 Å². The first-order chi connectivity index (χ1) is 6.61. The van der Waals surface area contributed by atoms with Gasteiger partial charge in [-0.15, -0.1) is 0 Å². The Kier molecular flexibility index (Phi) is 3.80. The summed E-state index contributed by atoms with van der Waals surface area (Å²) in [5.74, 6) is -0.154. The third-order valence-electron chi connectivity index (χ3n) is 2.05. The zero-order valence-electron chi connectivity index (χ0n) is 8.05. The molecule has 1 rings (SSSR count). The van der Waals surface area contributed by atoms with Crippen LogP contribution in [0.1, 0.15) is 23.7 Å². The van der Waals surface area contributed by atoms with Gasteiger partial charge in [0.05, 0.1) is 12.2 Å². The normalized spacial score (nSPS) is 14.8. The van der Waals surface area contributed by atoms with Gasteiger partial charge in [-0.2, -0.15) is 0 Å². The lowest BCUT2D eigenvalue weighted by Crippen LogP contribution is -2.25. The second-order valence-electron chi connectivity index (χ2n) is 3.30. The molecule has 0 aliphatic rings. The van der Waals surface area contributed by atoms with Crippen molar-refractivity contribution in [3.63, 3.8) is 0 Å². The summed E-state index contributed by atoms with van der Waals surface area (Å²) in [5, 5.41) is 18.3.